The van der Waals surface area contributed by atoms with E-state index in [0.29, 0.717) is 28.2 Å². The highest BCUT2D eigenvalue weighted by molar-refractivity contribution is 5.99. The first-order valence-corrected chi connectivity index (χ1v) is 11.8. The monoisotopic (exact) mass is 464 g/mol. The first-order valence-electron chi connectivity index (χ1n) is 11.8. The molecule has 5 rings (SSSR count). The highest BCUT2D eigenvalue weighted by atomic mass is 16.5. The van der Waals surface area contributed by atoms with Gasteiger partial charge >= 0.3 is 0 Å². The molecule has 0 unspecified atom stereocenters. The summed E-state index contributed by atoms with van der Waals surface area (Å²) in [5.74, 6) is 0.642. The molecule has 4 aromatic rings. The van der Waals surface area contributed by atoms with Crippen LogP contribution < -0.4 is 15.4 Å². The van der Waals surface area contributed by atoms with E-state index in [4.69, 9.17) is 20.4 Å². The maximum Gasteiger partial charge on any atom is 0.128 e. The Morgan fingerprint density at radius 3 is 2.54 bits per heavy atom. The van der Waals surface area contributed by atoms with Crippen LogP contribution in [0, 0.1) is 11.3 Å². The predicted molar refractivity (Wildman–Crippen MR) is 140 cm³/mol. The molecule has 2 aromatic heterocycles. The minimum absolute atomic E-state index is 0.348. The maximum absolute atomic E-state index is 9.85. The van der Waals surface area contributed by atoms with Crippen molar-refractivity contribution in [3.8, 4) is 34.3 Å². The van der Waals surface area contributed by atoms with Crippen molar-refractivity contribution >= 4 is 22.3 Å². The number of anilines is 2. The second-order valence-electron chi connectivity index (χ2n) is 8.62. The molecule has 0 atom stereocenters. The number of nitriles is 1. The second-order valence-corrected chi connectivity index (χ2v) is 8.62. The van der Waals surface area contributed by atoms with E-state index in [0.717, 1.165) is 60.6 Å². The third-order valence-electron chi connectivity index (χ3n) is 6.73. The van der Waals surface area contributed by atoms with Crippen molar-refractivity contribution in [2.24, 2.45) is 0 Å². The number of rotatable bonds is 5. The van der Waals surface area contributed by atoms with Gasteiger partial charge in [0, 0.05) is 42.7 Å². The molecule has 0 aliphatic carbocycles. The number of aromatic nitrogens is 2. The van der Waals surface area contributed by atoms with Gasteiger partial charge in [-0.15, -0.1) is 0 Å². The Balaban J connectivity index is 1.51. The van der Waals surface area contributed by atoms with Crippen LogP contribution in [-0.4, -0.2) is 54.7 Å². The Morgan fingerprint density at radius 2 is 1.86 bits per heavy atom. The molecule has 3 heterocycles. The number of benzene rings is 2. The number of nitrogen functional groups attached to an aromatic ring is 1. The van der Waals surface area contributed by atoms with Crippen LogP contribution in [0.4, 0.5) is 11.4 Å². The summed E-state index contributed by atoms with van der Waals surface area (Å²) in [7, 11) is 1.60. The van der Waals surface area contributed by atoms with Gasteiger partial charge in [0.15, 0.2) is 0 Å². The fourth-order valence-corrected chi connectivity index (χ4v) is 4.66. The molecule has 0 saturated carbocycles. The molecule has 7 heteroatoms. The van der Waals surface area contributed by atoms with Crippen LogP contribution in [0.5, 0.6) is 5.75 Å². The molecule has 1 aliphatic heterocycles. The summed E-state index contributed by atoms with van der Waals surface area (Å²) in [6, 6.07) is 19.8. The number of fused-ring (bicyclic) bond motifs is 1. The smallest absolute Gasteiger partial charge is 0.128 e. The second kappa shape index (κ2) is 9.61. The van der Waals surface area contributed by atoms with E-state index in [1.807, 2.05) is 48.7 Å². The third kappa shape index (κ3) is 4.25. The zero-order valence-corrected chi connectivity index (χ0v) is 20.0. The third-order valence-corrected chi connectivity index (χ3v) is 6.73. The molecule has 0 amide bonds. The molecule has 0 radical (unpaired) electrons. The summed E-state index contributed by atoms with van der Waals surface area (Å²) in [5, 5.41) is 10.6. The van der Waals surface area contributed by atoms with E-state index < -0.39 is 0 Å². The minimum Gasteiger partial charge on any atom is -0.496 e. The van der Waals surface area contributed by atoms with Gasteiger partial charge in [-0.05, 0) is 36.9 Å². The molecule has 0 spiro atoms. The quantitative estimate of drug-likeness (QED) is 0.463. The average Bonchev–Trinajstić information content (AvgIpc) is 2.92. The van der Waals surface area contributed by atoms with Crippen molar-refractivity contribution in [2.75, 3.05) is 50.5 Å². The summed E-state index contributed by atoms with van der Waals surface area (Å²) >= 11 is 0. The van der Waals surface area contributed by atoms with E-state index in [9.17, 15) is 5.26 Å². The van der Waals surface area contributed by atoms with Gasteiger partial charge in [0.2, 0.25) is 0 Å². The molecule has 2 N–H and O–H groups in total. The summed E-state index contributed by atoms with van der Waals surface area (Å²) < 4.78 is 5.51. The molecular formula is C28H28N6O. The van der Waals surface area contributed by atoms with Crippen molar-refractivity contribution < 1.29 is 4.74 Å². The highest BCUT2D eigenvalue weighted by Crippen LogP contribution is 2.37. The van der Waals surface area contributed by atoms with Gasteiger partial charge in [-0.25, -0.2) is 4.98 Å². The molecule has 2 aromatic carbocycles. The lowest BCUT2D eigenvalue weighted by molar-refractivity contribution is 0.271. The van der Waals surface area contributed by atoms with Crippen molar-refractivity contribution in [3.05, 3.63) is 66.4 Å². The minimum atomic E-state index is 0.348. The summed E-state index contributed by atoms with van der Waals surface area (Å²) in [6.45, 7) is 7.49. The summed E-state index contributed by atoms with van der Waals surface area (Å²) in [4.78, 5) is 14.4. The van der Waals surface area contributed by atoms with Gasteiger partial charge in [0.1, 0.15) is 17.4 Å². The van der Waals surface area contributed by atoms with Crippen molar-refractivity contribution in [3.63, 3.8) is 0 Å². The van der Waals surface area contributed by atoms with E-state index in [2.05, 4.69) is 34.9 Å². The molecule has 0 bridgehead atoms. The van der Waals surface area contributed by atoms with Crippen LogP contribution in [0.2, 0.25) is 0 Å². The van der Waals surface area contributed by atoms with Gasteiger partial charge in [0.25, 0.3) is 0 Å². The Bertz CT molecular complexity index is 1400. The van der Waals surface area contributed by atoms with Gasteiger partial charge in [-0.1, -0.05) is 31.2 Å². The number of hydrogen-bond donors (Lipinski definition) is 1. The summed E-state index contributed by atoms with van der Waals surface area (Å²) in [6.07, 6.45) is 1.95. The fourth-order valence-electron chi connectivity index (χ4n) is 4.66. The van der Waals surface area contributed by atoms with E-state index in [1.54, 1.807) is 7.11 Å². The van der Waals surface area contributed by atoms with E-state index in [1.165, 1.54) is 0 Å². The number of hydrogen-bond acceptors (Lipinski definition) is 7. The van der Waals surface area contributed by atoms with Crippen molar-refractivity contribution in [1.82, 2.24) is 14.9 Å². The predicted octanol–water partition coefficient (Wildman–Crippen LogP) is 4.57. The number of methoxy groups -OCH3 is 1. The number of pyridine rings is 2. The van der Waals surface area contributed by atoms with E-state index >= 15 is 0 Å². The van der Waals surface area contributed by atoms with Gasteiger partial charge in [0.05, 0.1) is 41.6 Å². The number of ether oxygens (including phenoxy) is 1. The first-order chi connectivity index (χ1) is 17.1. The lowest BCUT2D eigenvalue weighted by atomic mass is 9.99. The maximum atomic E-state index is 9.85. The number of likely N-dealkylation sites (N-methyl/N-ethyl adjacent to an activating group) is 1. The lowest BCUT2D eigenvalue weighted by Crippen LogP contribution is -2.46. The lowest BCUT2D eigenvalue weighted by Gasteiger charge is -2.35. The van der Waals surface area contributed by atoms with Crippen LogP contribution in [-0.2, 0) is 0 Å². The number of piperazine rings is 1. The largest absolute Gasteiger partial charge is 0.496 e. The molecule has 1 aliphatic rings. The van der Waals surface area contributed by atoms with Gasteiger partial charge in [-0.2, -0.15) is 5.26 Å². The Hall–Kier alpha value is -4.15. The average molecular weight is 465 g/mol. The molecule has 7 nitrogen and oxygen atoms in total. The normalized spacial score (nSPS) is 14.1. The first kappa shape index (κ1) is 22.6. The molecule has 176 valence electrons. The zero-order valence-electron chi connectivity index (χ0n) is 20.0. The number of para-hydroxylation sites is 1. The van der Waals surface area contributed by atoms with Crippen LogP contribution >= 0.6 is 0 Å². The topological polar surface area (TPSA) is 91.3 Å². The van der Waals surface area contributed by atoms with Gasteiger partial charge in [-0.3, -0.25) is 4.98 Å². The van der Waals surface area contributed by atoms with Gasteiger partial charge < -0.3 is 20.3 Å². The highest BCUT2D eigenvalue weighted by Gasteiger charge is 2.19. The zero-order chi connectivity index (χ0) is 24.4. The van der Waals surface area contributed by atoms with Crippen LogP contribution in [0.1, 0.15) is 12.5 Å². The molecule has 1 saturated heterocycles. The molecular weight excluding hydrogens is 436 g/mol. The van der Waals surface area contributed by atoms with Crippen molar-refractivity contribution in [1.29, 1.82) is 5.26 Å². The van der Waals surface area contributed by atoms with Crippen molar-refractivity contribution in [2.45, 2.75) is 6.92 Å². The van der Waals surface area contributed by atoms with Crippen LogP contribution in [0.3, 0.4) is 0 Å². The Labute approximate surface area is 205 Å². The number of nitrogens with two attached hydrogens (primary N) is 1. The van der Waals surface area contributed by atoms with Crippen LogP contribution in [0.25, 0.3) is 33.4 Å². The Morgan fingerprint density at radius 1 is 1.06 bits per heavy atom. The van der Waals surface area contributed by atoms with E-state index in [-0.39, 0.29) is 0 Å². The van der Waals surface area contributed by atoms with Crippen LogP contribution in [0.15, 0.2) is 60.8 Å². The molecule has 1 fully saturated rings. The standard InChI is InChI=1S/C28H28N6O/c1-3-33-12-14-34(15-13-33)20-9-11-24(31-18-20)19-8-10-21-25(16-19)32-28(23(17-29)27(21)30)22-6-4-5-7-26(22)35-2/h4-11,16,18H,3,12-15H2,1-2H3,(H2,30,32). The SMILES string of the molecule is CCN1CCN(c2ccc(-c3ccc4c(N)c(C#N)c(-c5ccccc5OC)nc4c3)nc2)CC1. The fraction of sp³-hybridized carbons (Fsp3) is 0.250. The summed E-state index contributed by atoms with van der Waals surface area (Å²) in [5.41, 5.74) is 12.1. The molecule has 35 heavy (non-hydrogen) atoms. The Kier molecular flexibility index (Phi) is 6.21. The number of nitrogens with zero attached hydrogens (tertiary/aromatic N) is 5.